The molecule has 0 saturated carbocycles. The highest BCUT2D eigenvalue weighted by Gasteiger charge is 2.55. The van der Waals surface area contributed by atoms with Crippen LogP contribution in [-0.2, 0) is 11.8 Å². The third-order valence-electron chi connectivity index (χ3n) is 14.8. The topological polar surface area (TPSA) is 19.6 Å². The summed E-state index contributed by atoms with van der Waals surface area (Å²) in [4.78, 5) is 5.16. The Morgan fingerprint density at radius 1 is 0.603 bits per heavy atom. The van der Waals surface area contributed by atoms with E-state index in [1.54, 1.807) is 0 Å². The fourth-order valence-corrected chi connectivity index (χ4v) is 12.2. The van der Waals surface area contributed by atoms with Crippen LogP contribution in [0.5, 0.6) is 0 Å². The lowest BCUT2D eigenvalue weighted by atomic mass is 9.64. The van der Waals surface area contributed by atoms with E-state index in [9.17, 15) is 0 Å². The average Bonchev–Trinajstić information content (AvgIpc) is 4.00. The number of benzene rings is 9. The predicted octanol–water partition coefficient (Wildman–Crippen LogP) is 15.8. The Balaban J connectivity index is 1.16. The molecule has 3 nitrogen and oxygen atoms in total. The monoisotopic (exact) mass is 806 g/mol. The lowest BCUT2D eigenvalue weighted by Crippen LogP contribution is -2.39. The Morgan fingerprint density at radius 3 is 2.19 bits per heavy atom. The molecular formula is C60H42N2O. The number of rotatable bonds is 4. The van der Waals surface area contributed by atoms with Crippen LogP contribution in [-0.4, -0.2) is 6.04 Å². The van der Waals surface area contributed by atoms with Crippen LogP contribution in [0.2, 0.25) is 0 Å². The van der Waals surface area contributed by atoms with Gasteiger partial charge in [-0.05, 0) is 116 Å². The molecule has 4 aliphatic rings. The van der Waals surface area contributed by atoms with E-state index in [1.807, 2.05) is 0 Å². The maximum Gasteiger partial charge on any atom is 0.159 e. The van der Waals surface area contributed by atoms with Crippen LogP contribution in [0, 0.1) is 6.92 Å². The third kappa shape index (κ3) is 4.44. The van der Waals surface area contributed by atoms with Crippen molar-refractivity contribution in [3.63, 3.8) is 0 Å². The summed E-state index contributed by atoms with van der Waals surface area (Å²) in [5, 5.41) is 7.24. The van der Waals surface area contributed by atoms with E-state index in [0.29, 0.717) is 0 Å². The first-order valence-corrected chi connectivity index (χ1v) is 22.4. The summed E-state index contributed by atoms with van der Waals surface area (Å²) in [6.07, 6.45) is 8.90. The predicted molar refractivity (Wildman–Crippen MR) is 262 cm³/mol. The van der Waals surface area contributed by atoms with Crippen LogP contribution in [0.15, 0.2) is 193 Å². The van der Waals surface area contributed by atoms with Crippen LogP contribution < -0.4 is 9.80 Å². The van der Waals surface area contributed by atoms with Crippen LogP contribution in [0.1, 0.15) is 52.3 Å². The number of hydrogen-bond donors (Lipinski definition) is 0. The largest absolute Gasteiger partial charge is 0.454 e. The van der Waals surface area contributed by atoms with Crippen LogP contribution in [0.3, 0.4) is 0 Å². The molecule has 2 aliphatic carbocycles. The van der Waals surface area contributed by atoms with Gasteiger partial charge < -0.3 is 14.2 Å². The first-order valence-electron chi connectivity index (χ1n) is 22.4. The fourth-order valence-electron chi connectivity index (χ4n) is 12.2. The second-order valence-electron chi connectivity index (χ2n) is 17.8. The summed E-state index contributed by atoms with van der Waals surface area (Å²) in [7, 11) is 0. The van der Waals surface area contributed by atoms with Crippen molar-refractivity contribution in [2.45, 2.75) is 38.1 Å². The normalized spacial score (nSPS) is 17.6. The maximum absolute atomic E-state index is 7.01. The van der Waals surface area contributed by atoms with E-state index in [1.165, 1.54) is 83.0 Å². The summed E-state index contributed by atoms with van der Waals surface area (Å²) >= 11 is 0. The Bertz CT molecular complexity index is 3680. The van der Waals surface area contributed by atoms with Crippen molar-refractivity contribution in [1.29, 1.82) is 0 Å². The SMILES string of the molecule is CCc1ccc(N(c2cc3c(c4ccccc24)-c2c(ccc4ccccc24)C32c3ccccc3N3c4c(cccc42)C2=CC=CCC23)c2cccc3c2oc2c(C)cccc23)cc1. The highest BCUT2D eigenvalue weighted by atomic mass is 16.3. The van der Waals surface area contributed by atoms with Crippen LogP contribution >= 0.6 is 0 Å². The van der Waals surface area contributed by atoms with E-state index >= 15 is 0 Å². The quantitative estimate of drug-likeness (QED) is 0.177. The smallest absolute Gasteiger partial charge is 0.159 e. The average molecular weight is 807 g/mol. The molecule has 9 aromatic carbocycles. The van der Waals surface area contributed by atoms with Gasteiger partial charge in [-0.1, -0.05) is 165 Å². The fraction of sp³-hybridized carbons (Fsp3) is 0.100. The molecule has 2 atom stereocenters. The number of aryl methyl sites for hydroxylation is 2. The van der Waals surface area contributed by atoms with E-state index in [0.717, 1.165) is 57.4 Å². The number of hydrogen-bond acceptors (Lipinski definition) is 3. The summed E-state index contributed by atoms with van der Waals surface area (Å²) in [6, 6.07) is 64.5. The zero-order chi connectivity index (χ0) is 41.6. The molecule has 2 aliphatic heterocycles. The standard InChI is InChI=1S/C60H42N2O/c1-3-37-29-32-39(33-30-37)61(53-28-14-23-46-45-22-12-15-36(2)58(45)63-59(46)53)54-35-50-56(43-20-7-6-18-41(43)54)55-40-17-5-4-16-38(40)31-34-48(55)60(50)47-24-9-11-27-52(47)62-51-26-10-8-19-42(51)44-21-13-25-49(60)57(44)62/h4-25,27-35,51H,3,26H2,1-2H3. The van der Waals surface area contributed by atoms with Gasteiger partial charge in [0.1, 0.15) is 5.58 Å². The molecule has 14 rings (SSSR count). The van der Waals surface area contributed by atoms with Crippen molar-refractivity contribution in [1.82, 2.24) is 0 Å². The molecule has 3 heteroatoms. The molecular weight excluding hydrogens is 765 g/mol. The minimum Gasteiger partial charge on any atom is -0.454 e. The van der Waals surface area contributed by atoms with Gasteiger partial charge in [-0.3, -0.25) is 0 Å². The molecule has 1 aromatic heterocycles. The summed E-state index contributed by atoms with van der Waals surface area (Å²) in [5.74, 6) is 0. The molecule has 0 radical (unpaired) electrons. The summed E-state index contributed by atoms with van der Waals surface area (Å²) in [6.45, 7) is 4.37. The van der Waals surface area contributed by atoms with Gasteiger partial charge in [0.05, 0.1) is 28.5 Å². The van der Waals surface area contributed by atoms with Crippen molar-refractivity contribution < 1.29 is 4.42 Å². The van der Waals surface area contributed by atoms with Gasteiger partial charge in [0.25, 0.3) is 0 Å². The highest BCUT2D eigenvalue weighted by molar-refractivity contribution is 6.18. The van der Waals surface area contributed by atoms with Gasteiger partial charge in [-0.25, -0.2) is 0 Å². The Kier molecular flexibility index (Phi) is 7.07. The van der Waals surface area contributed by atoms with Crippen LogP contribution in [0.25, 0.3) is 60.2 Å². The molecule has 1 spiro atoms. The molecule has 10 aromatic rings. The molecule has 298 valence electrons. The first-order chi connectivity index (χ1) is 31.1. The van der Waals surface area contributed by atoms with Gasteiger partial charge in [0, 0.05) is 33.1 Å². The minimum absolute atomic E-state index is 0.253. The number of nitrogens with zero attached hydrogens (tertiary/aromatic N) is 2. The summed E-state index contributed by atoms with van der Waals surface area (Å²) in [5.41, 5.74) is 20.3. The van der Waals surface area contributed by atoms with E-state index in [4.69, 9.17) is 4.42 Å². The number of para-hydroxylation sites is 4. The number of anilines is 5. The van der Waals surface area contributed by atoms with E-state index < -0.39 is 5.41 Å². The van der Waals surface area contributed by atoms with Gasteiger partial charge in [0.2, 0.25) is 0 Å². The molecule has 2 unspecified atom stereocenters. The molecule has 0 saturated heterocycles. The van der Waals surface area contributed by atoms with Crippen molar-refractivity contribution in [3.8, 4) is 11.1 Å². The second-order valence-corrected chi connectivity index (χ2v) is 17.8. The molecule has 0 fully saturated rings. The number of fused-ring (bicyclic) bond motifs is 19. The highest BCUT2D eigenvalue weighted by Crippen LogP contribution is 2.68. The Hall–Kier alpha value is -7.62. The van der Waals surface area contributed by atoms with Crippen molar-refractivity contribution in [2.24, 2.45) is 0 Å². The summed E-state index contributed by atoms with van der Waals surface area (Å²) < 4.78 is 7.01. The van der Waals surface area contributed by atoms with Gasteiger partial charge in [-0.15, -0.1) is 0 Å². The molecule has 63 heavy (non-hydrogen) atoms. The molecule has 0 amide bonds. The Labute approximate surface area is 366 Å². The zero-order valence-corrected chi connectivity index (χ0v) is 35.2. The number of furan rings is 1. The second kappa shape index (κ2) is 12.7. The minimum atomic E-state index is -0.617. The maximum atomic E-state index is 7.01. The lowest BCUT2D eigenvalue weighted by molar-refractivity contribution is 0.666. The van der Waals surface area contributed by atoms with Gasteiger partial charge in [0.15, 0.2) is 5.58 Å². The van der Waals surface area contributed by atoms with E-state index in [-0.39, 0.29) is 6.04 Å². The molecule has 0 bridgehead atoms. The van der Waals surface area contributed by atoms with Crippen molar-refractivity contribution >= 4 is 77.5 Å². The lowest BCUT2D eigenvalue weighted by Gasteiger charge is -2.45. The molecule has 3 heterocycles. The molecule has 0 N–H and O–H groups in total. The first kappa shape index (κ1) is 35.0. The Morgan fingerprint density at radius 2 is 1.32 bits per heavy atom. The van der Waals surface area contributed by atoms with Crippen molar-refractivity contribution in [3.05, 3.63) is 227 Å². The van der Waals surface area contributed by atoms with Gasteiger partial charge in [-0.2, -0.15) is 0 Å². The van der Waals surface area contributed by atoms with Crippen LogP contribution in [0.4, 0.5) is 28.4 Å². The number of allylic oxidation sites excluding steroid dienone is 2. The van der Waals surface area contributed by atoms with E-state index in [2.05, 4.69) is 212 Å². The zero-order valence-electron chi connectivity index (χ0n) is 35.2. The van der Waals surface area contributed by atoms with Crippen molar-refractivity contribution in [2.75, 3.05) is 9.80 Å². The third-order valence-corrected chi connectivity index (χ3v) is 14.8. The van der Waals surface area contributed by atoms with Gasteiger partial charge >= 0.3 is 0 Å².